The quantitative estimate of drug-likeness (QED) is 0.346. The Hall–Kier alpha value is -3.60. The lowest BCUT2D eigenvalue weighted by Crippen LogP contribution is -2.32. The molecular weight excluding hydrogens is 498 g/mol. The molecule has 8 heteroatoms. The van der Waals surface area contributed by atoms with Crippen molar-refractivity contribution in [1.29, 1.82) is 5.26 Å². The van der Waals surface area contributed by atoms with Gasteiger partial charge in [0.1, 0.15) is 23.2 Å². The smallest absolute Gasteiger partial charge is 0.225 e. The second-order valence-corrected chi connectivity index (χ2v) is 9.34. The van der Waals surface area contributed by atoms with E-state index in [9.17, 15) is 15.2 Å². The van der Waals surface area contributed by atoms with E-state index < -0.39 is 0 Å². The van der Waals surface area contributed by atoms with Gasteiger partial charge < -0.3 is 20.2 Å². The summed E-state index contributed by atoms with van der Waals surface area (Å²) in [5.74, 6) is 0.696. The number of benzene rings is 2. The molecule has 0 atom stereocenters. The Morgan fingerprint density at radius 3 is 2.47 bits per heavy atom. The van der Waals surface area contributed by atoms with Gasteiger partial charge in [-0.05, 0) is 75.7 Å². The number of rotatable bonds is 9. The molecule has 38 heavy (non-hydrogen) atoms. The summed E-state index contributed by atoms with van der Waals surface area (Å²) < 4.78 is 0. The van der Waals surface area contributed by atoms with Crippen molar-refractivity contribution in [3.63, 3.8) is 0 Å². The van der Waals surface area contributed by atoms with Crippen LogP contribution in [0.25, 0.3) is 22.4 Å². The average Bonchev–Trinajstić information content (AvgIpc) is 2.93. The molecule has 0 aliphatic carbocycles. The number of pyridine rings is 1. The van der Waals surface area contributed by atoms with E-state index in [-0.39, 0.29) is 24.1 Å². The number of para-hydroxylation sites is 1. The molecule has 2 heterocycles. The number of piperidine rings is 1. The lowest BCUT2D eigenvalue weighted by molar-refractivity contribution is -0.116. The Labute approximate surface area is 231 Å². The Balaban J connectivity index is 0.00000400. The van der Waals surface area contributed by atoms with E-state index >= 15 is 0 Å². The van der Waals surface area contributed by atoms with Crippen LogP contribution >= 0.6 is 12.4 Å². The number of anilines is 2. The summed E-state index contributed by atoms with van der Waals surface area (Å²) in [7, 11) is 0. The van der Waals surface area contributed by atoms with Crippen LogP contribution < -0.4 is 10.2 Å². The average molecular weight is 534 g/mol. The third-order valence-electron chi connectivity index (χ3n) is 6.92. The third kappa shape index (κ3) is 6.83. The highest BCUT2D eigenvalue weighted by atomic mass is 35.5. The van der Waals surface area contributed by atoms with E-state index in [1.165, 1.54) is 19.3 Å². The fraction of sp³-hybridized carbons (Fsp3) is 0.367. The zero-order valence-corrected chi connectivity index (χ0v) is 22.9. The van der Waals surface area contributed by atoms with Crippen LogP contribution in [-0.2, 0) is 4.79 Å². The highest BCUT2D eigenvalue weighted by Crippen LogP contribution is 2.37. The van der Waals surface area contributed by atoms with E-state index in [0.29, 0.717) is 53.4 Å². The largest absolute Gasteiger partial charge is 0.507 e. The van der Waals surface area contributed by atoms with E-state index in [1.54, 1.807) is 12.1 Å². The number of hydrogen-bond acceptors (Lipinski definition) is 6. The molecule has 200 valence electrons. The number of aromatic nitrogens is 1. The van der Waals surface area contributed by atoms with Crippen molar-refractivity contribution < 1.29 is 9.90 Å². The first-order valence-corrected chi connectivity index (χ1v) is 13.1. The van der Waals surface area contributed by atoms with Crippen LogP contribution in [0.2, 0.25) is 0 Å². The number of aromatic hydroxyl groups is 1. The summed E-state index contributed by atoms with van der Waals surface area (Å²) in [5.41, 5.74) is 3.86. The minimum atomic E-state index is -0.0170. The molecule has 1 aromatic heterocycles. The zero-order chi connectivity index (χ0) is 26.2. The van der Waals surface area contributed by atoms with Gasteiger partial charge in [-0.25, -0.2) is 4.98 Å². The number of nitrogens with one attached hydrogen (secondary N) is 1. The molecule has 4 rings (SSSR count). The van der Waals surface area contributed by atoms with Crippen LogP contribution in [0.5, 0.6) is 5.75 Å². The molecule has 1 aliphatic heterocycles. The van der Waals surface area contributed by atoms with Crippen molar-refractivity contribution in [2.24, 2.45) is 0 Å². The summed E-state index contributed by atoms with van der Waals surface area (Å²) in [5, 5.41) is 23.7. The number of likely N-dealkylation sites (tertiary alicyclic amines) is 1. The predicted octanol–water partition coefficient (Wildman–Crippen LogP) is 6.08. The van der Waals surface area contributed by atoms with E-state index in [4.69, 9.17) is 4.98 Å². The van der Waals surface area contributed by atoms with Crippen LogP contribution in [0.1, 0.15) is 45.1 Å². The highest BCUT2D eigenvalue weighted by Gasteiger charge is 2.20. The molecule has 1 aliphatic rings. The van der Waals surface area contributed by atoms with Crippen molar-refractivity contribution in [2.45, 2.75) is 39.5 Å². The predicted molar refractivity (Wildman–Crippen MR) is 156 cm³/mol. The van der Waals surface area contributed by atoms with E-state index in [1.807, 2.05) is 61.2 Å². The summed E-state index contributed by atoms with van der Waals surface area (Å²) in [6.07, 6.45) is 4.13. The monoisotopic (exact) mass is 533 g/mol. The lowest BCUT2D eigenvalue weighted by atomic mass is 9.97. The number of amides is 1. The normalized spacial score (nSPS) is 13.3. The number of carbonyl (C=O) groups is 1. The fourth-order valence-electron chi connectivity index (χ4n) is 4.88. The highest BCUT2D eigenvalue weighted by molar-refractivity contribution is 5.92. The molecule has 2 N–H and O–H groups in total. The number of phenols is 1. The summed E-state index contributed by atoms with van der Waals surface area (Å²) in [6, 6.07) is 18.9. The molecule has 0 radical (unpaired) electrons. The fourth-order valence-corrected chi connectivity index (χ4v) is 4.88. The molecule has 0 saturated carbocycles. The van der Waals surface area contributed by atoms with Crippen molar-refractivity contribution in [1.82, 2.24) is 9.88 Å². The van der Waals surface area contributed by atoms with Crippen molar-refractivity contribution in [3.05, 3.63) is 60.2 Å². The molecule has 0 spiro atoms. The Morgan fingerprint density at radius 2 is 1.79 bits per heavy atom. The van der Waals surface area contributed by atoms with Crippen molar-refractivity contribution in [2.75, 3.05) is 42.9 Å². The van der Waals surface area contributed by atoms with Gasteiger partial charge >= 0.3 is 0 Å². The van der Waals surface area contributed by atoms with Crippen LogP contribution in [0.15, 0.2) is 54.6 Å². The SMILES string of the molecule is CCN(CC)c1nc(-c2ccccc2O)cc(-c2cccc(NC(=O)CCN3CCCCC3)c2)c1C#N.Cl. The second kappa shape index (κ2) is 13.8. The molecule has 1 amide bonds. The van der Waals surface area contributed by atoms with Crippen molar-refractivity contribution >= 4 is 29.8 Å². The van der Waals surface area contributed by atoms with E-state index in [0.717, 1.165) is 25.2 Å². The minimum Gasteiger partial charge on any atom is -0.507 e. The first-order chi connectivity index (χ1) is 18.0. The van der Waals surface area contributed by atoms with E-state index in [2.05, 4.69) is 16.3 Å². The van der Waals surface area contributed by atoms with Gasteiger partial charge in [0.05, 0.1) is 5.69 Å². The molecule has 1 saturated heterocycles. The van der Waals surface area contributed by atoms with Gasteiger partial charge in [0, 0.05) is 42.9 Å². The summed E-state index contributed by atoms with van der Waals surface area (Å²) in [6.45, 7) is 8.33. The lowest BCUT2D eigenvalue weighted by Gasteiger charge is -2.26. The van der Waals surface area contributed by atoms with Gasteiger partial charge in [0.2, 0.25) is 5.91 Å². The number of halogens is 1. The molecule has 2 aromatic carbocycles. The summed E-state index contributed by atoms with van der Waals surface area (Å²) >= 11 is 0. The first kappa shape index (κ1) is 29.0. The Kier molecular flexibility index (Phi) is 10.5. The van der Waals surface area contributed by atoms with Gasteiger partial charge in [-0.2, -0.15) is 5.26 Å². The van der Waals surface area contributed by atoms with Crippen LogP contribution in [0.4, 0.5) is 11.5 Å². The maximum Gasteiger partial charge on any atom is 0.225 e. The van der Waals surface area contributed by atoms with Gasteiger partial charge in [-0.15, -0.1) is 12.4 Å². The number of hydrogen-bond donors (Lipinski definition) is 2. The van der Waals surface area contributed by atoms with Gasteiger partial charge in [-0.1, -0.05) is 30.7 Å². The third-order valence-corrected chi connectivity index (χ3v) is 6.92. The summed E-state index contributed by atoms with van der Waals surface area (Å²) in [4.78, 5) is 21.9. The maximum atomic E-state index is 12.7. The second-order valence-electron chi connectivity index (χ2n) is 9.34. The number of nitriles is 1. The van der Waals surface area contributed by atoms with Crippen LogP contribution in [0, 0.1) is 11.3 Å². The Bertz CT molecular complexity index is 1280. The zero-order valence-electron chi connectivity index (χ0n) is 22.1. The topological polar surface area (TPSA) is 92.5 Å². The molecule has 3 aromatic rings. The van der Waals surface area contributed by atoms with Gasteiger partial charge in [-0.3, -0.25) is 4.79 Å². The molecular formula is C30H36ClN5O2. The van der Waals surface area contributed by atoms with Gasteiger partial charge in [0.25, 0.3) is 0 Å². The maximum absolute atomic E-state index is 12.7. The van der Waals surface area contributed by atoms with Crippen LogP contribution in [0.3, 0.4) is 0 Å². The first-order valence-electron chi connectivity index (χ1n) is 13.1. The van der Waals surface area contributed by atoms with Crippen LogP contribution in [-0.4, -0.2) is 53.6 Å². The standard InChI is InChI=1S/C30H35N5O2.ClH/c1-3-35(4-2)30-26(21-31)25(20-27(33-30)24-13-6-7-14-28(24)36)22-11-10-12-23(19-22)32-29(37)15-18-34-16-8-5-9-17-34;/h6-7,10-14,19-20,36H,3-5,8-9,15-18H2,1-2H3,(H,32,37);1H. The molecule has 0 bridgehead atoms. The molecule has 7 nitrogen and oxygen atoms in total. The molecule has 0 unspecified atom stereocenters. The molecule has 1 fully saturated rings. The minimum absolute atomic E-state index is 0. The number of nitrogens with zero attached hydrogens (tertiary/aromatic N) is 4. The number of carbonyl (C=O) groups excluding carboxylic acids is 1. The Morgan fingerprint density at radius 1 is 1.05 bits per heavy atom. The number of phenolic OH excluding ortho intramolecular Hbond substituents is 1. The van der Waals surface area contributed by atoms with Gasteiger partial charge in [0.15, 0.2) is 0 Å². The van der Waals surface area contributed by atoms with Crippen molar-refractivity contribution in [3.8, 4) is 34.2 Å².